The lowest BCUT2D eigenvalue weighted by Crippen LogP contribution is -2.59. The van der Waals surface area contributed by atoms with Gasteiger partial charge in [0.1, 0.15) is 0 Å². The molecule has 1 aliphatic carbocycles. The molecule has 3 fully saturated rings. The number of morpholine rings is 1. The highest BCUT2D eigenvalue weighted by Crippen LogP contribution is 2.47. The topological polar surface area (TPSA) is 40.1 Å². The van der Waals surface area contributed by atoms with Gasteiger partial charge in [-0.25, -0.2) is 0 Å². The summed E-state index contributed by atoms with van der Waals surface area (Å²) in [5.41, 5.74) is 0.707. The molecule has 2 unspecified atom stereocenters. The van der Waals surface area contributed by atoms with Crippen molar-refractivity contribution in [3.05, 3.63) is 0 Å². The molecule has 0 aromatic carbocycles. The molecule has 3 aliphatic rings. The van der Waals surface area contributed by atoms with Gasteiger partial charge in [0.2, 0.25) is 0 Å². The first-order valence-corrected chi connectivity index (χ1v) is 9.70. The lowest BCUT2D eigenvalue weighted by atomic mass is 9.68. The first-order valence-electron chi connectivity index (χ1n) is 9.70. The number of aliphatic imine (C=N–C) groups is 1. The highest BCUT2D eigenvalue weighted by atomic mass is 127. The predicted molar refractivity (Wildman–Crippen MR) is 115 cm³/mol. The van der Waals surface area contributed by atoms with E-state index in [9.17, 15) is 0 Å². The van der Waals surface area contributed by atoms with Crippen molar-refractivity contribution >= 4 is 29.9 Å². The van der Waals surface area contributed by atoms with Crippen LogP contribution in [-0.4, -0.2) is 73.3 Å². The molecule has 1 spiro atoms. The summed E-state index contributed by atoms with van der Waals surface area (Å²) in [4.78, 5) is 9.59. The number of hydrogen-bond acceptors (Lipinski definition) is 3. The highest BCUT2D eigenvalue weighted by Gasteiger charge is 2.43. The van der Waals surface area contributed by atoms with E-state index in [0.717, 1.165) is 32.1 Å². The van der Waals surface area contributed by atoms with Gasteiger partial charge in [0.25, 0.3) is 0 Å². The normalized spacial score (nSPS) is 30.1. The van der Waals surface area contributed by atoms with Crippen LogP contribution in [0, 0.1) is 5.41 Å². The van der Waals surface area contributed by atoms with Crippen molar-refractivity contribution in [2.75, 3.05) is 39.8 Å². The van der Waals surface area contributed by atoms with Crippen LogP contribution in [0.3, 0.4) is 0 Å². The van der Waals surface area contributed by atoms with Gasteiger partial charge >= 0.3 is 0 Å². The zero-order chi connectivity index (χ0) is 17.4. The van der Waals surface area contributed by atoms with Gasteiger partial charge in [-0.2, -0.15) is 0 Å². The third kappa shape index (κ3) is 4.80. The van der Waals surface area contributed by atoms with Crippen LogP contribution in [0.1, 0.15) is 53.4 Å². The van der Waals surface area contributed by atoms with Crippen LogP contribution < -0.4 is 5.32 Å². The van der Waals surface area contributed by atoms with Crippen molar-refractivity contribution < 1.29 is 4.74 Å². The predicted octanol–water partition coefficient (Wildman–Crippen LogP) is 2.94. The summed E-state index contributed by atoms with van der Waals surface area (Å²) in [6, 6.07) is 0. The van der Waals surface area contributed by atoms with Crippen LogP contribution in [0.5, 0.6) is 0 Å². The number of halogens is 1. The molecule has 2 heterocycles. The van der Waals surface area contributed by atoms with Crippen LogP contribution in [0.4, 0.5) is 0 Å². The molecule has 25 heavy (non-hydrogen) atoms. The largest absolute Gasteiger partial charge is 0.373 e. The number of nitrogens with zero attached hydrogens (tertiary/aromatic N) is 3. The third-order valence-electron chi connectivity index (χ3n) is 6.32. The Morgan fingerprint density at radius 1 is 1.20 bits per heavy atom. The summed E-state index contributed by atoms with van der Waals surface area (Å²) < 4.78 is 5.89. The average Bonchev–Trinajstić information content (AvgIpc) is 2.92. The fourth-order valence-electron chi connectivity index (χ4n) is 4.61. The second-order valence-corrected chi connectivity index (χ2v) is 8.90. The zero-order valence-electron chi connectivity index (χ0n) is 16.7. The second kappa shape index (κ2) is 8.30. The van der Waals surface area contributed by atoms with E-state index in [2.05, 4.69) is 47.8 Å². The minimum absolute atomic E-state index is 0. The number of likely N-dealkylation sites (tertiary alicyclic amines) is 1. The molecule has 146 valence electrons. The molecule has 0 radical (unpaired) electrons. The molecule has 6 heteroatoms. The van der Waals surface area contributed by atoms with E-state index in [1.807, 2.05) is 7.05 Å². The summed E-state index contributed by atoms with van der Waals surface area (Å²) in [5.74, 6) is 1.08. The maximum atomic E-state index is 5.89. The van der Waals surface area contributed by atoms with Gasteiger partial charge < -0.3 is 15.0 Å². The molecule has 5 nitrogen and oxygen atoms in total. The monoisotopic (exact) mass is 464 g/mol. The van der Waals surface area contributed by atoms with Gasteiger partial charge in [-0.05, 0) is 52.4 Å². The lowest BCUT2D eigenvalue weighted by molar-refractivity contribution is -0.0947. The molecule has 0 aromatic heterocycles. The molecule has 0 bridgehead atoms. The fourth-order valence-corrected chi connectivity index (χ4v) is 4.61. The smallest absolute Gasteiger partial charge is 0.193 e. The maximum Gasteiger partial charge on any atom is 0.193 e. The summed E-state index contributed by atoms with van der Waals surface area (Å²) in [7, 11) is 1.92. The van der Waals surface area contributed by atoms with Gasteiger partial charge in [-0.1, -0.05) is 6.42 Å². The highest BCUT2D eigenvalue weighted by molar-refractivity contribution is 14.0. The van der Waals surface area contributed by atoms with E-state index in [4.69, 9.17) is 4.74 Å². The first-order chi connectivity index (χ1) is 11.3. The van der Waals surface area contributed by atoms with Crippen LogP contribution in [0.15, 0.2) is 4.99 Å². The first kappa shape index (κ1) is 21.2. The number of nitrogens with one attached hydrogen (secondary N) is 1. The summed E-state index contributed by atoms with van der Waals surface area (Å²) >= 11 is 0. The maximum absolute atomic E-state index is 5.89. The average molecular weight is 464 g/mol. The van der Waals surface area contributed by atoms with Gasteiger partial charge in [-0.15, -0.1) is 24.0 Å². The molecule has 0 aromatic rings. The fraction of sp³-hybridized carbons (Fsp3) is 0.947. The molecule has 2 atom stereocenters. The number of ether oxygens (including phenoxy) is 1. The number of guanidine groups is 1. The molecule has 3 rings (SSSR count). The van der Waals surface area contributed by atoms with Crippen LogP contribution in [-0.2, 0) is 4.74 Å². The Labute approximate surface area is 171 Å². The minimum atomic E-state index is 0. The van der Waals surface area contributed by atoms with E-state index >= 15 is 0 Å². The van der Waals surface area contributed by atoms with E-state index in [-0.39, 0.29) is 29.5 Å². The number of rotatable bonds is 3. The SMILES string of the molecule is CN=C(NCC(C)(C)N1CC(C)OC(C)C1)N1CCC2(CCC2)C1.I. The molecule has 1 saturated carbocycles. The van der Waals surface area contributed by atoms with E-state index in [1.54, 1.807) is 0 Å². The van der Waals surface area contributed by atoms with Gasteiger partial charge in [0.05, 0.1) is 12.2 Å². The van der Waals surface area contributed by atoms with Crippen molar-refractivity contribution in [2.45, 2.75) is 71.1 Å². The zero-order valence-corrected chi connectivity index (χ0v) is 19.0. The van der Waals surface area contributed by atoms with E-state index in [1.165, 1.54) is 32.2 Å². The van der Waals surface area contributed by atoms with Crippen molar-refractivity contribution in [3.63, 3.8) is 0 Å². The lowest BCUT2D eigenvalue weighted by Gasteiger charge is -2.45. The Morgan fingerprint density at radius 2 is 1.84 bits per heavy atom. The Balaban J connectivity index is 0.00000225. The van der Waals surface area contributed by atoms with Crippen molar-refractivity contribution in [1.29, 1.82) is 0 Å². The Morgan fingerprint density at radius 3 is 2.32 bits per heavy atom. The molecule has 1 N–H and O–H groups in total. The molecule has 2 aliphatic heterocycles. The summed E-state index contributed by atoms with van der Waals surface area (Å²) in [5, 5.41) is 3.66. The van der Waals surface area contributed by atoms with Gasteiger partial charge in [-0.3, -0.25) is 9.89 Å². The summed E-state index contributed by atoms with van der Waals surface area (Å²) in [6.45, 7) is 14.3. The Bertz CT molecular complexity index is 468. The van der Waals surface area contributed by atoms with Gasteiger partial charge in [0.15, 0.2) is 5.96 Å². The van der Waals surface area contributed by atoms with Crippen molar-refractivity contribution in [1.82, 2.24) is 15.1 Å². The molecule has 2 saturated heterocycles. The second-order valence-electron chi connectivity index (χ2n) is 8.90. The van der Waals surface area contributed by atoms with E-state index in [0.29, 0.717) is 17.6 Å². The quantitative estimate of drug-likeness (QED) is 0.396. The molecule has 0 amide bonds. The van der Waals surface area contributed by atoms with Crippen LogP contribution >= 0.6 is 24.0 Å². The number of hydrogen-bond donors (Lipinski definition) is 1. The summed E-state index contributed by atoms with van der Waals surface area (Å²) in [6.07, 6.45) is 6.20. The van der Waals surface area contributed by atoms with Crippen LogP contribution in [0.25, 0.3) is 0 Å². The Kier molecular flexibility index (Phi) is 7.04. The van der Waals surface area contributed by atoms with Crippen molar-refractivity contribution in [3.8, 4) is 0 Å². The van der Waals surface area contributed by atoms with E-state index < -0.39 is 0 Å². The standard InChI is InChI=1S/C19H36N4O.HI/c1-15-11-23(12-16(2)24-15)18(3,4)13-21-17(20-5)22-10-9-19(14-22)7-6-8-19;/h15-16H,6-14H2,1-5H3,(H,20,21);1H. The van der Waals surface area contributed by atoms with Crippen LogP contribution in [0.2, 0.25) is 0 Å². The minimum Gasteiger partial charge on any atom is -0.373 e. The molecular weight excluding hydrogens is 427 g/mol. The van der Waals surface area contributed by atoms with Crippen molar-refractivity contribution in [2.24, 2.45) is 10.4 Å². The Hall–Kier alpha value is -0.0800. The molecular formula is C19H37IN4O. The third-order valence-corrected chi connectivity index (χ3v) is 6.32. The van der Waals surface area contributed by atoms with Gasteiger partial charge in [0, 0.05) is 45.3 Å².